The van der Waals surface area contributed by atoms with Gasteiger partial charge >= 0.3 is 12.1 Å². The van der Waals surface area contributed by atoms with E-state index in [9.17, 15) is 9.59 Å². The zero-order chi connectivity index (χ0) is 35.9. The van der Waals surface area contributed by atoms with Crippen molar-refractivity contribution in [2.75, 3.05) is 6.61 Å². The van der Waals surface area contributed by atoms with Gasteiger partial charge in [-0.25, -0.2) is 4.79 Å². The summed E-state index contributed by atoms with van der Waals surface area (Å²) in [6, 6.07) is 41.8. The van der Waals surface area contributed by atoms with Crippen molar-refractivity contribution in [1.29, 1.82) is 0 Å². The number of esters is 1. The van der Waals surface area contributed by atoms with Crippen LogP contribution in [0.25, 0.3) is 11.1 Å². The monoisotopic (exact) mass is 711 g/mol. The normalized spacial score (nSPS) is 16.3. The Morgan fingerprint density at radius 2 is 1.27 bits per heavy atom. The van der Waals surface area contributed by atoms with Crippen LogP contribution in [0.2, 0.25) is 5.02 Å². The van der Waals surface area contributed by atoms with E-state index in [2.05, 4.69) is 53.8 Å². The van der Waals surface area contributed by atoms with Crippen molar-refractivity contribution < 1.29 is 19.1 Å². The highest BCUT2D eigenvalue weighted by Gasteiger charge is 2.42. The fourth-order valence-electron chi connectivity index (χ4n) is 8.20. The molecule has 6 heteroatoms. The van der Waals surface area contributed by atoms with Gasteiger partial charge in [-0.1, -0.05) is 165 Å². The SMILES string of the molecule is C[C@H](CC(=O)OC(c1ccccc1)(c1ccc(C2CCCCCCC2)cc1)c1ccccc1Cl)NC(=O)OCC1c2ccccc2-c2ccccc21. The maximum absolute atomic E-state index is 14.1. The van der Waals surface area contributed by atoms with E-state index in [1.54, 1.807) is 6.92 Å². The van der Waals surface area contributed by atoms with E-state index >= 15 is 0 Å². The number of nitrogens with one attached hydrogen (secondary N) is 1. The summed E-state index contributed by atoms with van der Waals surface area (Å²) < 4.78 is 12.4. The Labute approximate surface area is 312 Å². The third kappa shape index (κ3) is 7.52. The van der Waals surface area contributed by atoms with Crippen molar-refractivity contribution in [3.8, 4) is 11.1 Å². The number of fused-ring (bicyclic) bond motifs is 3. The van der Waals surface area contributed by atoms with Crippen LogP contribution in [-0.2, 0) is 19.9 Å². The summed E-state index contributed by atoms with van der Waals surface area (Å²) in [6.07, 6.45) is 8.16. The van der Waals surface area contributed by atoms with Crippen LogP contribution in [0.15, 0.2) is 127 Å². The molecule has 1 unspecified atom stereocenters. The van der Waals surface area contributed by atoms with Gasteiger partial charge in [0.1, 0.15) is 6.61 Å². The van der Waals surface area contributed by atoms with E-state index in [1.807, 2.05) is 78.9 Å². The van der Waals surface area contributed by atoms with Gasteiger partial charge in [0.15, 0.2) is 5.60 Å². The minimum absolute atomic E-state index is 0.0565. The van der Waals surface area contributed by atoms with Crippen LogP contribution < -0.4 is 5.32 Å². The highest BCUT2D eigenvalue weighted by atomic mass is 35.5. The zero-order valence-corrected chi connectivity index (χ0v) is 30.5. The van der Waals surface area contributed by atoms with Crippen LogP contribution in [-0.4, -0.2) is 24.7 Å². The molecule has 266 valence electrons. The van der Waals surface area contributed by atoms with Gasteiger partial charge < -0.3 is 14.8 Å². The fraction of sp³-hybridized carbons (Fsp3) is 0.304. The molecule has 5 nitrogen and oxygen atoms in total. The highest BCUT2D eigenvalue weighted by Crippen LogP contribution is 2.46. The Balaban J connectivity index is 1.10. The van der Waals surface area contributed by atoms with E-state index in [0.29, 0.717) is 16.5 Å². The van der Waals surface area contributed by atoms with Gasteiger partial charge in [0.2, 0.25) is 0 Å². The number of carbonyl (C=O) groups is 2. The topological polar surface area (TPSA) is 64.6 Å². The number of rotatable bonds is 10. The molecule has 0 spiro atoms. The summed E-state index contributed by atoms with van der Waals surface area (Å²) in [5.74, 6) is -0.00790. The molecule has 0 aliphatic heterocycles. The van der Waals surface area contributed by atoms with Crippen molar-refractivity contribution in [3.63, 3.8) is 0 Å². The molecule has 0 radical (unpaired) electrons. The second-order valence-corrected chi connectivity index (χ2v) is 14.6. The Kier molecular flexibility index (Phi) is 11.1. The van der Waals surface area contributed by atoms with Gasteiger partial charge in [-0.15, -0.1) is 0 Å². The molecule has 2 aliphatic rings. The number of halogens is 1. The Morgan fingerprint density at radius 1 is 0.712 bits per heavy atom. The first-order valence-corrected chi connectivity index (χ1v) is 19.1. The first kappa shape index (κ1) is 35.5. The molecule has 0 bridgehead atoms. The van der Waals surface area contributed by atoms with Crippen LogP contribution >= 0.6 is 11.6 Å². The third-order valence-corrected chi connectivity index (χ3v) is 11.1. The molecule has 0 aromatic heterocycles. The summed E-state index contributed by atoms with van der Waals surface area (Å²) >= 11 is 6.94. The molecule has 1 amide bonds. The zero-order valence-electron chi connectivity index (χ0n) is 29.7. The lowest BCUT2D eigenvalue weighted by Crippen LogP contribution is -2.39. The van der Waals surface area contributed by atoms with Crippen molar-refractivity contribution in [2.24, 2.45) is 0 Å². The van der Waals surface area contributed by atoms with E-state index in [0.717, 1.165) is 33.4 Å². The van der Waals surface area contributed by atoms with E-state index in [4.69, 9.17) is 21.1 Å². The predicted molar refractivity (Wildman–Crippen MR) is 208 cm³/mol. The van der Waals surface area contributed by atoms with Gasteiger partial charge in [-0.05, 0) is 59.6 Å². The van der Waals surface area contributed by atoms with Gasteiger partial charge in [0.05, 0.1) is 6.42 Å². The third-order valence-electron chi connectivity index (χ3n) is 10.8. The van der Waals surface area contributed by atoms with Crippen LogP contribution in [0.3, 0.4) is 0 Å². The molecule has 5 aromatic carbocycles. The van der Waals surface area contributed by atoms with Crippen molar-refractivity contribution in [2.45, 2.75) is 81.8 Å². The van der Waals surface area contributed by atoms with Crippen LogP contribution in [0.4, 0.5) is 4.79 Å². The second-order valence-electron chi connectivity index (χ2n) is 14.2. The van der Waals surface area contributed by atoms with Crippen LogP contribution in [0, 0.1) is 0 Å². The number of carbonyl (C=O) groups excluding carboxylic acids is 2. The molecule has 1 N–H and O–H groups in total. The molecule has 0 heterocycles. The predicted octanol–water partition coefficient (Wildman–Crippen LogP) is 11.3. The van der Waals surface area contributed by atoms with E-state index in [-0.39, 0.29) is 18.9 Å². The quantitative estimate of drug-likeness (QED) is 0.116. The Bertz CT molecular complexity index is 1940. The Morgan fingerprint density at radius 3 is 1.92 bits per heavy atom. The number of hydrogen-bond acceptors (Lipinski definition) is 4. The Hall–Kier alpha value is -4.87. The second kappa shape index (κ2) is 16.2. The highest BCUT2D eigenvalue weighted by molar-refractivity contribution is 6.31. The molecular formula is C46H46ClNO4. The molecule has 0 saturated heterocycles. The lowest BCUT2D eigenvalue weighted by atomic mass is 9.78. The molecular weight excluding hydrogens is 666 g/mol. The van der Waals surface area contributed by atoms with Crippen molar-refractivity contribution in [3.05, 3.63) is 166 Å². The molecule has 2 atom stereocenters. The minimum atomic E-state index is -1.32. The first-order chi connectivity index (χ1) is 25.4. The average molecular weight is 712 g/mol. The molecule has 7 rings (SSSR count). The molecule has 5 aromatic rings. The van der Waals surface area contributed by atoms with E-state index < -0.39 is 23.7 Å². The number of alkyl carbamates (subject to hydrolysis) is 1. The minimum Gasteiger partial charge on any atom is -0.449 e. The maximum Gasteiger partial charge on any atom is 0.407 e. The van der Waals surface area contributed by atoms with Gasteiger partial charge in [0.25, 0.3) is 0 Å². The number of benzene rings is 5. The fourth-order valence-corrected chi connectivity index (χ4v) is 8.47. The number of amides is 1. The lowest BCUT2D eigenvalue weighted by molar-refractivity contribution is -0.154. The van der Waals surface area contributed by atoms with Gasteiger partial charge in [-0.2, -0.15) is 0 Å². The summed E-state index contributed by atoms with van der Waals surface area (Å²) in [5, 5.41) is 3.36. The lowest BCUT2D eigenvalue weighted by Gasteiger charge is -2.36. The molecule has 52 heavy (non-hydrogen) atoms. The largest absolute Gasteiger partial charge is 0.449 e. The van der Waals surface area contributed by atoms with E-state index in [1.165, 1.54) is 50.5 Å². The molecule has 1 saturated carbocycles. The summed E-state index contributed by atoms with van der Waals surface area (Å²) in [4.78, 5) is 27.2. The van der Waals surface area contributed by atoms with Gasteiger partial charge in [-0.3, -0.25) is 4.79 Å². The summed E-state index contributed by atoms with van der Waals surface area (Å²) in [6.45, 7) is 1.98. The number of ether oxygens (including phenoxy) is 2. The maximum atomic E-state index is 14.1. The molecule has 1 fully saturated rings. The summed E-state index contributed by atoms with van der Waals surface area (Å²) in [7, 11) is 0. The van der Waals surface area contributed by atoms with Crippen molar-refractivity contribution >= 4 is 23.7 Å². The van der Waals surface area contributed by atoms with Gasteiger partial charge in [0, 0.05) is 33.7 Å². The summed E-state index contributed by atoms with van der Waals surface area (Å²) in [5.41, 5.74) is 6.88. The van der Waals surface area contributed by atoms with Crippen LogP contribution in [0.5, 0.6) is 0 Å². The number of hydrogen-bond donors (Lipinski definition) is 1. The standard InChI is InChI=1S/C46H46ClNO4/c1-32(48-45(50)51-31-41-39-22-12-10-20-37(39)38-21-11-13-23-40(38)41)30-44(49)52-46(35-18-8-5-9-19-35,42-24-14-15-25-43(42)47)36-28-26-34(27-29-36)33-16-6-3-2-4-7-17-33/h5,8-15,18-29,32-33,41H,2-4,6-7,16-17,30-31H2,1H3,(H,48,50)/t32-,46?/m1/s1. The smallest absolute Gasteiger partial charge is 0.407 e. The van der Waals surface area contributed by atoms with Crippen LogP contribution in [0.1, 0.15) is 104 Å². The van der Waals surface area contributed by atoms with Crippen molar-refractivity contribution in [1.82, 2.24) is 5.32 Å². The average Bonchev–Trinajstić information content (AvgIpc) is 3.47. The first-order valence-electron chi connectivity index (χ1n) is 18.7. The molecule has 2 aliphatic carbocycles.